The molecule has 16 heavy (non-hydrogen) atoms. The van der Waals surface area contributed by atoms with Crippen LogP contribution in [0.2, 0.25) is 0 Å². The summed E-state index contributed by atoms with van der Waals surface area (Å²) in [5, 5.41) is 2.88. The van der Waals surface area contributed by atoms with E-state index in [-0.39, 0.29) is 4.90 Å². The van der Waals surface area contributed by atoms with E-state index in [1.54, 1.807) is 24.3 Å². The Morgan fingerprint density at radius 2 is 2.00 bits per heavy atom. The van der Waals surface area contributed by atoms with Crippen molar-refractivity contribution in [2.75, 3.05) is 26.0 Å². The van der Waals surface area contributed by atoms with Crippen LogP contribution in [-0.2, 0) is 10.0 Å². The van der Waals surface area contributed by atoms with Crippen LogP contribution in [0.5, 0.6) is 0 Å². The molecule has 1 aromatic carbocycles. The average Bonchev–Trinajstić information content (AvgIpc) is 2.26. The number of rotatable bonds is 4. The van der Waals surface area contributed by atoms with Crippen molar-refractivity contribution in [1.82, 2.24) is 4.31 Å². The van der Waals surface area contributed by atoms with Crippen LogP contribution in [0.1, 0.15) is 0 Å². The van der Waals surface area contributed by atoms with Crippen molar-refractivity contribution < 1.29 is 8.42 Å². The number of nitrogens with one attached hydrogen (secondary N) is 1. The van der Waals surface area contributed by atoms with Gasteiger partial charge in [-0.25, -0.2) is 12.7 Å². The highest BCUT2D eigenvalue weighted by Gasteiger charge is 2.20. The van der Waals surface area contributed by atoms with Crippen LogP contribution >= 0.6 is 0 Å². The maximum Gasteiger partial charge on any atom is 0.244 e. The Labute approximate surface area is 96.3 Å². The smallest absolute Gasteiger partial charge is 0.244 e. The zero-order valence-electron chi connectivity index (χ0n) is 9.27. The third-order valence-corrected chi connectivity index (χ3v) is 3.90. The molecule has 4 nitrogen and oxygen atoms in total. The number of terminal acetylenes is 1. The molecule has 5 heteroatoms. The Hall–Kier alpha value is -1.51. The fourth-order valence-electron chi connectivity index (χ4n) is 1.18. The summed E-state index contributed by atoms with van der Waals surface area (Å²) in [7, 11) is -0.449. The molecule has 0 amide bonds. The lowest BCUT2D eigenvalue weighted by Gasteiger charge is -2.15. The van der Waals surface area contributed by atoms with Gasteiger partial charge in [0.15, 0.2) is 0 Å². The van der Waals surface area contributed by atoms with Crippen molar-refractivity contribution in [2.24, 2.45) is 0 Å². The number of nitrogens with zero attached hydrogens (tertiary/aromatic N) is 1. The van der Waals surface area contributed by atoms with Gasteiger partial charge in [0.05, 0.1) is 12.2 Å². The predicted octanol–water partition coefficient (Wildman–Crippen LogP) is 0.982. The molecule has 0 saturated carbocycles. The molecule has 0 unspecified atom stereocenters. The molecule has 1 aromatic rings. The molecular formula is C11H14N2O2S. The number of sulfonamides is 1. The van der Waals surface area contributed by atoms with Gasteiger partial charge >= 0.3 is 0 Å². The Balaban J connectivity index is 3.19. The molecular weight excluding hydrogens is 224 g/mol. The van der Waals surface area contributed by atoms with E-state index in [0.717, 1.165) is 0 Å². The lowest BCUT2D eigenvalue weighted by Crippen LogP contribution is -2.23. The molecule has 0 spiro atoms. The topological polar surface area (TPSA) is 49.4 Å². The van der Waals surface area contributed by atoms with E-state index in [4.69, 9.17) is 6.42 Å². The molecule has 0 aliphatic carbocycles. The van der Waals surface area contributed by atoms with Gasteiger partial charge in [0.1, 0.15) is 4.90 Å². The molecule has 0 bridgehead atoms. The van der Waals surface area contributed by atoms with Crippen LogP contribution in [0.3, 0.4) is 0 Å². The first-order valence-electron chi connectivity index (χ1n) is 4.69. The molecule has 0 radical (unpaired) electrons. The maximum absolute atomic E-state index is 12.0. The monoisotopic (exact) mass is 238 g/mol. The predicted molar refractivity (Wildman–Crippen MR) is 64.6 cm³/mol. The quantitative estimate of drug-likeness (QED) is 0.796. The maximum atomic E-state index is 12.0. The van der Waals surface area contributed by atoms with Crippen LogP contribution in [0.4, 0.5) is 5.69 Å². The van der Waals surface area contributed by atoms with E-state index in [2.05, 4.69) is 11.2 Å². The largest absolute Gasteiger partial charge is 0.373 e. The van der Waals surface area contributed by atoms with E-state index in [1.165, 1.54) is 18.4 Å². The molecule has 1 N–H and O–H groups in total. The third kappa shape index (κ3) is 2.54. The number of benzene rings is 1. The zero-order valence-corrected chi connectivity index (χ0v) is 10.1. The number of para-hydroxylation sites is 1. The second-order valence-corrected chi connectivity index (χ2v) is 5.46. The number of anilines is 1. The summed E-state index contributed by atoms with van der Waals surface area (Å²) >= 11 is 0. The van der Waals surface area contributed by atoms with E-state index in [9.17, 15) is 8.42 Å². The van der Waals surface area contributed by atoms with Gasteiger partial charge in [0.2, 0.25) is 10.0 Å². The van der Waals surface area contributed by atoms with Crippen molar-refractivity contribution in [3.05, 3.63) is 24.3 Å². The first-order valence-corrected chi connectivity index (χ1v) is 6.13. The van der Waals surface area contributed by atoms with Crippen LogP contribution < -0.4 is 5.32 Å². The lowest BCUT2D eigenvalue weighted by molar-refractivity contribution is 0.521. The molecule has 1 rings (SSSR count). The van der Waals surface area contributed by atoms with Crippen LogP contribution in [0, 0.1) is 12.3 Å². The van der Waals surface area contributed by atoms with Gasteiger partial charge in [-0.05, 0) is 12.1 Å². The standard InChI is InChI=1S/C11H14N2O2S/c1-4-9-12-10-7-5-6-8-11(10)16(14,15)13(2)3/h1,5-8,12H,9H2,2-3H3. The molecule has 86 valence electrons. The zero-order chi connectivity index (χ0) is 12.2. The highest BCUT2D eigenvalue weighted by molar-refractivity contribution is 7.89. The Kier molecular flexibility index (Phi) is 3.93. The van der Waals surface area contributed by atoms with Crippen LogP contribution in [-0.4, -0.2) is 33.4 Å². The Bertz CT molecular complexity index is 501. The minimum Gasteiger partial charge on any atom is -0.373 e. The summed E-state index contributed by atoms with van der Waals surface area (Å²) in [6.45, 7) is 0.292. The first kappa shape index (κ1) is 12.6. The Morgan fingerprint density at radius 3 is 2.56 bits per heavy atom. The minimum atomic E-state index is -3.44. The summed E-state index contributed by atoms with van der Waals surface area (Å²) in [5.74, 6) is 2.40. The fraction of sp³-hybridized carbons (Fsp3) is 0.273. The SMILES string of the molecule is C#CCNc1ccccc1S(=O)(=O)N(C)C. The Morgan fingerprint density at radius 1 is 1.38 bits per heavy atom. The van der Waals surface area contributed by atoms with Gasteiger partial charge < -0.3 is 5.32 Å². The molecule has 0 heterocycles. The van der Waals surface area contributed by atoms with E-state index < -0.39 is 10.0 Å². The second kappa shape index (κ2) is 5.01. The number of hydrogen-bond acceptors (Lipinski definition) is 3. The van der Waals surface area contributed by atoms with Crippen LogP contribution in [0.15, 0.2) is 29.2 Å². The third-order valence-electron chi connectivity index (χ3n) is 2.03. The van der Waals surface area contributed by atoms with Gasteiger partial charge in [-0.1, -0.05) is 18.1 Å². The highest BCUT2D eigenvalue weighted by atomic mass is 32.2. The molecule has 0 saturated heterocycles. The van der Waals surface area contributed by atoms with Gasteiger partial charge in [-0.15, -0.1) is 6.42 Å². The molecule has 0 aromatic heterocycles. The summed E-state index contributed by atoms with van der Waals surface area (Å²) in [6.07, 6.45) is 5.12. The summed E-state index contributed by atoms with van der Waals surface area (Å²) in [5.41, 5.74) is 0.522. The summed E-state index contributed by atoms with van der Waals surface area (Å²) in [4.78, 5) is 0.232. The van der Waals surface area contributed by atoms with E-state index in [0.29, 0.717) is 12.2 Å². The molecule has 0 fully saturated rings. The van der Waals surface area contributed by atoms with Gasteiger partial charge in [-0.3, -0.25) is 0 Å². The number of hydrogen-bond donors (Lipinski definition) is 1. The van der Waals surface area contributed by atoms with Crippen LogP contribution in [0.25, 0.3) is 0 Å². The van der Waals surface area contributed by atoms with Crippen molar-refractivity contribution >= 4 is 15.7 Å². The normalized spacial score (nSPS) is 11.1. The highest BCUT2D eigenvalue weighted by Crippen LogP contribution is 2.22. The molecule has 0 aliphatic heterocycles. The van der Waals surface area contributed by atoms with Crippen molar-refractivity contribution in [1.29, 1.82) is 0 Å². The van der Waals surface area contributed by atoms with Crippen molar-refractivity contribution in [2.45, 2.75) is 4.90 Å². The molecule has 0 aliphatic rings. The molecule has 0 atom stereocenters. The van der Waals surface area contributed by atoms with Crippen molar-refractivity contribution in [3.8, 4) is 12.3 Å². The summed E-state index contributed by atoms with van der Waals surface area (Å²) in [6, 6.07) is 6.67. The summed E-state index contributed by atoms with van der Waals surface area (Å²) < 4.78 is 25.1. The van der Waals surface area contributed by atoms with Gasteiger partial charge in [0, 0.05) is 14.1 Å². The van der Waals surface area contributed by atoms with Gasteiger partial charge in [0.25, 0.3) is 0 Å². The fourth-order valence-corrected chi connectivity index (χ4v) is 2.24. The lowest BCUT2D eigenvalue weighted by atomic mass is 10.3. The van der Waals surface area contributed by atoms with Crippen molar-refractivity contribution in [3.63, 3.8) is 0 Å². The second-order valence-electron chi connectivity index (χ2n) is 3.34. The van der Waals surface area contributed by atoms with Gasteiger partial charge in [-0.2, -0.15) is 0 Å². The van der Waals surface area contributed by atoms with E-state index >= 15 is 0 Å². The average molecular weight is 238 g/mol. The first-order chi connectivity index (χ1) is 7.50. The minimum absolute atomic E-state index is 0.232. The van der Waals surface area contributed by atoms with E-state index in [1.807, 2.05) is 0 Å².